The Balaban J connectivity index is 0.000000117. The maximum Gasteiger partial charge on any atom is 0.185 e. The first-order valence-electron chi connectivity index (χ1n) is 37.0. The SMILES string of the molecule is CC1CCN(C[C@H]2CCN(c3ccc4c(c3)Cn3cc(-c5ccc(C#N)cc5)cc3-c3nncn3-4)C2)CC1.C[C@@H]1CN(c2ccc3c(n2)Cn2cc(-c4ccc(C#N)cc4)cc2-c2nncn2-3)C[C@H](C)N1.C[C@H]1CN(c2ccc3c(c2)Cn2cc(-c4ccc(F)cc4F)cc2-c2ncnn2-3)C[C@H]1CN(C)C. The number of likely N-dealkylation sites (tertiary alicyclic amines) is 1. The molecular weight excluding hydrogens is 1330 g/mol. The molecule has 23 heteroatoms. The molecule has 14 heterocycles. The molecule has 4 saturated heterocycles. The van der Waals surface area contributed by atoms with E-state index in [1.54, 1.807) is 12.7 Å². The Morgan fingerprint density at radius 1 is 0.547 bits per heavy atom. The number of halogens is 2. The van der Waals surface area contributed by atoms with Crippen molar-refractivity contribution in [2.24, 2.45) is 23.7 Å². The molecule has 0 amide bonds. The molecule has 0 unspecified atom stereocenters. The number of nitriles is 2. The number of benzene rings is 5. The van der Waals surface area contributed by atoms with Crippen molar-refractivity contribution in [3.63, 3.8) is 0 Å². The molecular formula is C83H85F2N21. The number of hydrogen-bond donors (Lipinski definition) is 1. The Morgan fingerprint density at radius 3 is 1.77 bits per heavy atom. The average molecular weight is 1410 g/mol. The van der Waals surface area contributed by atoms with Crippen LogP contribution in [0.3, 0.4) is 0 Å². The number of piperidine rings is 1. The first-order valence-corrected chi connectivity index (χ1v) is 37.0. The lowest BCUT2D eigenvalue weighted by Gasteiger charge is -2.37. The predicted molar refractivity (Wildman–Crippen MR) is 408 cm³/mol. The van der Waals surface area contributed by atoms with Crippen molar-refractivity contribution in [2.75, 3.05) is 94.2 Å². The van der Waals surface area contributed by atoms with E-state index in [0.29, 0.717) is 65.1 Å². The zero-order valence-electron chi connectivity index (χ0n) is 60.6. The Labute approximate surface area is 615 Å². The largest absolute Gasteiger partial charge is 0.371 e. The van der Waals surface area contributed by atoms with Crippen LogP contribution in [0.5, 0.6) is 0 Å². The summed E-state index contributed by atoms with van der Waals surface area (Å²) in [6, 6.07) is 48.2. The number of rotatable bonds is 10. The summed E-state index contributed by atoms with van der Waals surface area (Å²) in [5.74, 6) is 5.09. The molecule has 0 spiro atoms. The highest BCUT2D eigenvalue weighted by Crippen LogP contribution is 2.41. The van der Waals surface area contributed by atoms with E-state index in [0.717, 1.165) is 155 Å². The maximum absolute atomic E-state index is 14.5. The van der Waals surface area contributed by atoms with E-state index >= 15 is 0 Å². The molecule has 7 aromatic heterocycles. The molecule has 0 radical (unpaired) electrons. The lowest BCUT2D eigenvalue weighted by atomic mass is 9.98. The molecule has 21 nitrogen and oxygen atoms in total. The van der Waals surface area contributed by atoms with E-state index in [9.17, 15) is 8.78 Å². The summed E-state index contributed by atoms with van der Waals surface area (Å²) in [7, 11) is 4.27. The maximum atomic E-state index is 14.5. The highest BCUT2D eigenvalue weighted by molar-refractivity contribution is 5.76. The van der Waals surface area contributed by atoms with Crippen molar-refractivity contribution < 1.29 is 8.78 Å². The summed E-state index contributed by atoms with van der Waals surface area (Å²) in [6.45, 7) is 22.3. The first kappa shape index (κ1) is 67.8. The van der Waals surface area contributed by atoms with Gasteiger partial charge in [0.05, 0.1) is 69.6 Å². The molecule has 7 aliphatic rings. The molecule has 536 valence electrons. The van der Waals surface area contributed by atoms with Gasteiger partial charge in [0, 0.05) is 136 Å². The average Bonchev–Trinajstić information content (AvgIpc) is 1.61. The van der Waals surface area contributed by atoms with Crippen LogP contribution in [0.2, 0.25) is 0 Å². The van der Waals surface area contributed by atoms with Gasteiger partial charge in [-0.2, -0.15) is 15.6 Å². The quantitative estimate of drug-likeness (QED) is 0.136. The molecule has 5 aromatic carbocycles. The summed E-state index contributed by atoms with van der Waals surface area (Å²) in [6.07, 6.45) is 15.3. The van der Waals surface area contributed by atoms with Crippen LogP contribution in [0, 0.1) is 58.0 Å². The number of nitrogens with zero attached hydrogens (tertiary/aromatic N) is 20. The zero-order chi connectivity index (χ0) is 72.4. The highest BCUT2D eigenvalue weighted by Gasteiger charge is 2.34. The van der Waals surface area contributed by atoms with Gasteiger partial charge >= 0.3 is 0 Å². The Bertz CT molecular complexity index is 5310. The minimum atomic E-state index is -0.586. The van der Waals surface area contributed by atoms with E-state index in [1.807, 2.05) is 76.4 Å². The number of hydrogen-bond acceptors (Lipinski definition) is 15. The number of aromatic nitrogens is 13. The summed E-state index contributed by atoms with van der Waals surface area (Å²) in [5, 5.41) is 43.7. The van der Waals surface area contributed by atoms with Gasteiger partial charge in [0.1, 0.15) is 36.4 Å². The molecule has 5 atom stereocenters. The number of anilines is 3. The van der Waals surface area contributed by atoms with Crippen LogP contribution in [-0.4, -0.2) is 164 Å². The van der Waals surface area contributed by atoms with Crippen molar-refractivity contribution in [1.29, 1.82) is 10.5 Å². The Hall–Kier alpha value is -11.4. The zero-order valence-corrected chi connectivity index (χ0v) is 60.6. The van der Waals surface area contributed by atoms with Crippen molar-refractivity contribution in [1.82, 2.24) is 78.1 Å². The van der Waals surface area contributed by atoms with Crippen molar-refractivity contribution in [2.45, 2.75) is 78.7 Å². The summed E-state index contributed by atoms with van der Waals surface area (Å²) in [4.78, 5) is 22.0. The van der Waals surface area contributed by atoms with Crippen LogP contribution >= 0.6 is 0 Å². The number of nitrogens with one attached hydrogen (secondary N) is 1. The number of fused-ring (bicyclic) bond motifs is 15. The third-order valence-electron chi connectivity index (χ3n) is 22.4. The number of pyridine rings is 1. The van der Waals surface area contributed by atoms with E-state index in [-0.39, 0.29) is 0 Å². The fourth-order valence-electron chi connectivity index (χ4n) is 17.0. The second-order valence-electron chi connectivity index (χ2n) is 30.4. The molecule has 4 fully saturated rings. The lowest BCUT2D eigenvalue weighted by Crippen LogP contribution is -2.54. The second-order valence-corrected chi connectivity index (χ2v) is 30.4. The standard InChI is InChI=1S/C31H33N7.C27H28F2N6.C25H24N8/c1-22-8-11-35(12-9-22)17-24-10-13-36(18-24)28-6-7-29-27(14-28)20-37-19-26(25-4-2-23(16-32)3-5-25)15-30(37)31-34-33-21-38(29)31;1-17-11-33(15-20(17)12-32(2)3)22-5-7-25-19(8-22)14-34-13-18(23-6-4-21(28)10-24(23)29)9-26(34)27-30-16-31-35(25)27;1-16-11-32(12-17(2)28-16)24-8-7-22-21(29-24)14-31-13-20(19-5-3-18(10-26)4-6-19)9-23(31)25-30-27-15-33(22)25/h2-7,14-15,19,21-22,24H,8-13,17-18,20H2,1H3;4-10,13,16-17,20H,11-12,14-15H2,1-3H3;3-9,13,15-17,28H,11-12,14H2,1-2H3/t24-;17-,20+;16-,17+/m10./s1. The Morgan fingerprint density at radius 2 is 1.13 bits per heavy atom. The van der Waals surface area contributed by atoms with Gasteiger partial charge in [-0.3, -0.25) is 9.13 Å². The van der Waals surface area contributed by atoms with Gasteiger partial charge in [-0.1, -0.05) is 38.1 Å². The molecule has 1 N–H and O–H groups in total. The van der Waals surface area contributed by atoms with Gasteiger partial charge in [-0.05, 0) is 209 Å². The predicted octanol–water partition coefficient (Wildman–Crippen LogP) is 13.1. The molecule has 0 saturated carbocycles. The van der Waals surface area contributed by atoms with E-state index in [2.05, 4.69) is 206 Å². The fraction of sp³-hybridized carbons (Fsp3) is 0.337. The van der Waals surface area contributed by atoms with Gasteiger partial charge in [-0.15, -0.1) is 20.4 Å². The topological polar surface area (TPSA) is 196 Å². The van der Waals surface area contributed by atoms with Gasteiger partial charge in [0.25, 0.3) is 0 Å². The molecule has 106 heavy (non-hydrogen) atoms. The van der Waals surface area contributed by atoms with Crippen LogP contribution in [0.25, 0.3) is 85.0 Å². The van der Waals surface area contributed by atoms with Crippen molar-refractivity contribution in [3.05, 3.63) is 211 Å². The minimum absolute atomic E-state index is 0.366. The summed E-state index contributed by atoms with van der Waals surface area (Å²) < 4.78 is 40.6. The summed E-state index contributed by atoms with van der Waals surface area (Å²) in [5.41, 5.74) is 18.7. The van der Waals surface area contributed by atoms with E-state index in [4.69, 9.17) is 15.5 Å². The van der Waals surface area contributed by atoms with Crippen LogP contribution in [0.1, 0.15) is 74.9 Å². The minimum Gasteiger partial charge on any atom is -0.371 e. The van der Waals surface area contributed by atoms with Gasteiger partial charge in [-0.25, -0.2) is 23.4 Å². The third-order valence-corrected chi connectivity index (χ3v) is 22.4. The van der Waals surface area contributed by atoms with Crippen LogP contribution in [-0.2, 0) is 19.6 Å². The molecule has 0 aliphatic carbocycles. The highest BCUT2D eigenvalue weighted by atomic mass is 19.1. The van der Waals surface area contributed by atoms with Gasteiger partial charge in [0.2, 0.25) is 0 Å². The molecule has 0 bridgehead atoms. The van der Waals surface area contributed by atoms with Crippen LogP contribution in [0.15, 0.2) is 171 Å². The molecule has 19 rings (SSSR count). The third kappa shape index (κ3) is 13.3. The van der Waals surface area contributed by atoms with Crippen LogP contribution < -0.4 is 20.0 Å². The number of piperazine rings is 1. The van der Waals surface area contributed by atoms with E-state index < -0.39 is 11.6 Å². The lowest BCUT2D eigenvalue weighted by molar-refractivity contribution is 0.171. The first-order chi connectivity index (χ1) is 51.6. The van der Waals surface area contributed by atoms with Crippen molar-refractivity contribution in [3.8, 4) is 97.1 Å². The summed E-state index contributed by atoms with van der Waals surface area (Å²) >= 11 is 0. The molecule has 7 aliphatic heterocycles. The monoisotopic (exact) mass is 1410 g/mol. The second kappa shape index (κ2) is 28.3. The van der Waals surface area contributed by atoms with Gasteiger partial charge in [0.15, 0.2) is 17.5 Å². The Kier molecular flexibility index (Phi) is 18.1. The fourth-order valence-corrected chi connectivity index (χ4v) is 17.0. The normalized spacial score (nSPS) is 19.2. The molecule has 12 aromatic rings. The van der Waals surface area contributed by atoms with E-state index in [1.165, 1.54) is 68.0 Å². The van der Waals surface area contributed by atoms with Gasteiger partial charge < -0.3 is 43.5 Å². The van der Waals surface area contributed by atoms with Crippen molar-refractivity contribution >= 4 is 17.2 Å². The van der Waals surface area contributed by atoms with Crippen LogP contribution in [0.4, 0.5) is 26.0 Å². The smallest absolute Gasteiger partial charge is 0.185 e.